The molecule has 0 aliphatic heterocycles. The molecule has 0 atom stereocenters. The molecule has 4 aromatic heterocycles. The molecule has 0 spiro atoms. The molecule has 0 saturated heterocycles. The molecule has 8 heteroatoms. The smallest absolute Gasteiger partial charge is 0.160 e. The second-order valence-electron chi connectivity index (χ2n) is 30.5. The number of fused-ring (bicyclic) bond motifs is 9. The quantitative estimate of drug-likeness (QED) is 0.0857. The molecule has 22 rings (SSSR count). The van der Waals surface area contributed by atoms with Crippen molar-refractivity contribution in [2.24, 2.45) is 0 Å². The van der Waals surface area contributed by atoms with Crippen LogP contribution in [0, 0.1) is 0 Å². The van der Waals surface area contributed by atoms with E-state index in [4.69, 9.17) is 9.97 Å². The minimum absolute atomic E-state index is 0.611. The Hall–Kier alpha value is -16.2. The van der Waals surface area contributed by atoms with E-state index in [1.165, 1.54) is 65.4 Å². The molecule has 0 aliphatic rings. The third-order valence-corrected chi connectivity index (χ3v) is 23.4. The van der Waals surface area contributed by atoms with Crippen molar-refractivity contribution in [3.8, 4) is 84.3 Å². The van der Waals surface area contributed by atoms with E-state index >= 15 is 0 Å². The van der Waals surface area contributed by atoms with Gasteiger partial charge in [-0.1, -0.05) is 261 Å². The van der Waals surface area contributed by atoms with E-state index in [0.29, 0.717) is 5.82 Å². The van der Waals surface area contributed by atoms with Gasteiger partial charge in [-0.05, 0) is 234 Å². The number of para-hydroxylation sites is 9. The summed E-state index contributed by atoms with van der Waals surface area (Å²) in [6, 6.07) is 166. The van der Waals surface area contributed by atoms with Crippen LogP contribution >= 0.6 is 0 Å². The van der Waals surface area contributed by atoms with Gasteiger partial charge in [0.05, 0.1) is 44.5 Å². The number of hydrogen-bond donors (Lipinski definition) is 0. The molecular weight excluding hydrogens is 1460 g/mol. The third-order valence-electron chi connectivity index (χ3n) is 23.4. The number of benzene rings is 18. The first kappa shape index (κ1) is 70.5. The molecule has 8 nitrogen and oxygen atoms in total. The summed E-state index contributed by atoms with van der Waals surface area (Å²) in [6.07, 6.45) is 0. The first-order valence-corrected chi connectivity index (χ1v) is 40.8. The lowest BCUT2D eigenvalue weighted by Gasteiger charge is -2.26. The van der Waals surface area contributed by atoms with Crippen LogP contribution in [-0.4, -0.2) is 23.7 Å². The number of hydrogen-bond acceptors (Lipinski definition) is 5. The minimum atomic E-state index is 0.611. The zero-order chi connectivity index (χ0) is 79.4. The second kappa shape index (κ2) is 30.2. The van der Waals surface area contributed by atoms with Crippen LogP contribution in [0.2, 0.25) is 0 Å². The van der Waals surface area contributed by atoms with Gasteiger partial charge in [0.15, 0.2) is 5.82 Å². The lowest BCUT2D eigenvalue weighted by molar-refractivity contribution is 1.18. The number of aromatic nitrogens is 5. The van der Waals surface area contributed by atoms with Crippen LogP contribution in [0.3, 0.4) is 0 Å². The molecule has 0 saturated carbocycles. The van der Waals surface area contributed by atoms with Crippen molar-refractivity contribution in [1.29, 1.82) is 0 Å². The van der Waals surface area contributed by atoms with E-state index in [0.717, 1.165) is 130 Å². The van der Waals surface area contributed by atoms with Gasteiger partial charge >= 0.3 is 0 Å². The monoisotopic (exact) mass is 1530 g/mol. The zero-order valence-corrected chi connectivity index (χ0v) is 65.5. The maximum Gasteiger partial charge on any atom is 0.160 e. The van der Waals surface area contributed by atoms with Crippen LogP contribution in [0.15, 0.2) is 461 Å². The molecule has 0 N–H and O–H groups in total. The van der Waals surface area contributed by atoms with Gasteiger partial charge in [-0.3, -0.25) is 0 Å². The summed E-state index contributed by atoms with van der Waals surface area (Å²) in [6.45, 7) is 0. The van der Waals surface area contributed by atoms with E-state index in [-0.39, 0.29) is 0 Å². The largest absolute Gasteiger partial charge is 0.311 e. The van der Waals surface area contributed by atoms with Crippen molar-refractivity contribution in [1.82, 2.24) is 23.7 Å². The average molecular weight is 1530 g/mol. The van der Waals surface area contributed by atoms with Crippen LogP contribution in [-0.2, 0) is 0 Å². The Morgan fingerprint density at radius 1 is 0.150 bits per heavy atom. The SMILES string of the molecule is c1ccc(N(c2ccc(-c3ccc4c5ccccc5n(-c5ccccc5)c4c3)cc2)c2ccc(-c3cc(-c4ccc(N(c5ccccc5)c5ccc(-c6ccc7c8ccccc8n(-c8ccccc8)c7c6)cc5)cc4)nc(-c4ccc(N(c5ccccc5)c5ccc(-c6ccc7c8ccccc8n(-c8ccccc8)c7c6)cc5)cc4)n3)cc2)cc1. The van der Waals surface area contributed by atoms with Gasteiger partial charge in [-0.25, -0.2) is 9.97 Å². The Balaban J connectivity index is 0.611. The highest BCUT2D eigenvalue weighted by Gasteiger charge is 2.23. The maximum atomic E-state index is 5.51. The van der Waals surface area contributed by atoms with Crippen LogP contribution < -0.4 is 14.7 Å². The number of nitrogens with zero attached hydrogens (tertiary/aromatic N) is 8. The van der Waals surface area contributed by atoms with Gasteiger partial charge in [-0.2, -0.15) is 0 Å². The Morgan fingerprint density at radius 3 is 0.633 bits per heavy atom. The molecule has 18 aromatic carbocycles. The molecule has 0 fully saturated rings. The van der Waals surface area contributed by atoms with Crippen molar-refractivity contribution < 1.29 is 0 Å². The molecule has 0 radical (unpaired) electrons. The summed E-state index contributed by atoms with van der Waals surface area (Å²) >= 11 is 0. The van der Waals surface area contributed by atoms with E-state index < -0.39 is 0 Å². The molecule has 22 aromatic rings. The lowest BCUT2D eigenvalue weighted by atomic mass is 10.0. The standard InChI is InChI=1S/C112H76N8/c1-7-25-86(26-8-1)115(92-58-43-77(44-59-92)83-55-70-101-98-37-19-22-40-106(98)118(109(101)73-83)89-31-13-4-14-32-89)95-64-49-80(50-65-95)104-76-105(81-51-66-96(67-52-81)116(87-27-9-2-10-28-87)93-60-45-78(46-61-93)84-56-71-102-99-38-20-23-41-107(99)119(110(102)74-84)90-33-15-5-16-34-90)114-112(113-104)82-53-68-97(69-54-82)117(88-29-11-3-12-30-88)94-62-47-79(48-63-94)85-57-72-103-100-39-21-24-42-108(100)120(111(103)75-85)91-35-17-6-18-36-91/h1-76H. The van der Waals surface area contributed by atoms with Crippen molar-refractivity contribution >= 4 is 117 Å². The first-order chi connectivity index (χ1) is 59.5. The van der Waals surface area contributed by atoms with E-state index in [1.807, 2.05) is 0 Å². The Labute approximate surface area is 695 Å². The van der Waals surface area contributed by atoms with Gasteiger partial charge in [0.1, 0.15) is 0 Å². The highest BCUT2D eigenvalue weighted by atomic mass is 15.2. The summed E-state index contributed by atoms with van der Waals surface area (Å²) in [5, 5.41) is 7.39. The van der Waals surface area contributed by atoms with Gasteiger partial charge in [-0.15, -0.1) is 0 Å². The van der Waals surface area contributed by atoms with E-state index in [1.54, 1.807) is 0 Å². The van der Waals surface area contributed by atoms with E-state index in [2.05, 4.69) is 489 Å². The molecule has 120 heavy (non-hydrogen) atoms. The van der Waals surface area contributed by atoms with Crippen molar-refractivity contribution in [2.75, 3.05) is 14.7 Å². The summed E-state index contributed by atoms with van der Waals surface area (Å²) in [7, 11) is 0. The fourth-order valence-corrected chi connectivity index (χ4v) is 17.7. The fourth-order valence-electron chi connectivity index (χ4n) is 17.7. The van der Waals surface area contributed by atoms with Crippen LogP contribution in [0.25, 0.3) is 150 Å². The molecule has 0 unspecified atom stereocenters. The topological polar surface area (TPSA) is 50.3 Å². The second-order valence-corrected chi connectivity index (χ2v) is 30.5. The van der Waals surface area contributed by atoms with Crippen molar-refractivity contribution in [3.63, 3.8) is 0 Å². The lowest BCUT2D eigenvalue weighted by Crippen LogP contribution is -2.10. The fraction of sp³-hybridized carbons (Fsp3) is 0. The number of anilines is 9. The molecule has 0 amide bonds. The van der Waals surface area contributed by atoms with E-state index in [9.17, 15) is 0 Å². The summed E-state index contributed by atoms with van der Waals surface area (Å²) in [4.78, 5) is 18.0. The van der Waals surface area contributed by atoms with Crippen molar-refractivity contribution in [3.05, 3.63) is 461 Å². The van der Waals surface area contributed by atoms with Crippen molar-refractivity contribution in [2.45, 2.75) is 0 Å². The summed E-state index contributed by atoms with van der Waals surface area (Å²) in [5.74, 6) is 0.611. The van der Waals surface area contributed by atoms with Crippen LogP contribution in [0.1, 0.15) is 0 Å². The van der Waals surface area contributed by atoms with Crippen LogP contribution in [0.4, 0.5) is 51.2 Å². The van der Waals surface area contributed by atoms with Gasteiger partial charge in [0.2, 0.25) is 0 Å². The predicted molar refractivity (Wildman–Crippen MR) is 502 cm³/mol. The summed E-state index contributed by atoms with van der Waals surface area (Å²) in [5.41, 5.74) is 31.0. The highest BCUT2D eigenvalue weighted by molar-refractivity contribution is 6.13. The summed E-state index contributed by atoms with van der Waals surface area (Å²) < 4.78 is 7.14. The minimum Gasteiger partial charge on any atom is -0.311 e. The van der Waals surface area contributed by atoms with Crippen LogP contribution in [0.5, 0.6) is 0 Å². The normalized spacial score (nSPS) is 11.5. The first-order valence-electron chi connectivity index (χ1n) is 40.8. The van der Waals surface area contributed by atoms with Gasteiger partial charge < -0.3 is 28.4 Å². The Bertz CT molecular complexity index is 6770. The third kappa shape index (κ3) is 12.9. The molecule has 4 heterocycles. The molecule has 564 valence electrons. The average Bonchev–Trinajstić information content (AvgIpc) is 1.61. The zero-order valence-electron chi connectivity index (χ0n) is 65.5. The Kier molecular flexibility index (Phi) is 17.8. The van der Waals surface area contributed by atoms with Gasteiger partial charge in [0, 0.05) is 117 Å². The highest BCUT2D eigenvalue weighted by Crippen LogP contribution is 2.45. The Morgan fingerprint density at radius 2 is 0.358 bits per heavy atom. The predicted octanol–water partition coefficient (Wildman–Crippen LogP) is 30.2. The number of rotatable bonds is 18. The molecule has 0 bridgehead atoms. The van der Waals surface area contributed by atoms with Gasteiger partial charge in [0.25, 0.3) is 0 Å². The maximum absolute atomic E-state index is 5.51. The molecule has 0 aliphatic carbocycles. The molecular formula is C112H76N8.